The summed E-state index contributed by atoms with van der Waals surface area (Å²) in [6, 6.07) is 58.8. The third-order valence-corrected chi connectivity index (χ3v) is 13.8. The van der Waals surface area contributed by atoms with Gasteiger partial charge >= 0.3 is 0 Å². The number of hydrogen-bond acceptors (Lipinski definition) is 4. The first-order chi connectivity index (χ1) is 28.3. The Hall–Kier alpha value is -6.02. The number of aromatic nitrogens is 3. The van der Waals surface area contributed by atoms with Gasteiger partial charge in [-0.1, -0.05) is 127 Å². The number of furan rings is 1. The summed E-state index contributed by atoms with van der Waals surface area (Å²) in [4.78, 5) is 9.72. The van der Waals surface area contributed by atoms with Gasteiger partial charge in [0.1, 0.15) is 11.4 Å². The molecule has 1 radical (unpaired) electrons. The number of thiophene rings is 1. The Labute approximate surface area is 360 Å². The smallest absolute Gasteiger partial charge is 0.158 e. The summed E-state index contributed by atoms with van der Waals surface area (Å²) in [6.45, 7) is 7.00. The topological polar surface area (TPSA) is 43.9 Å². The minimum atomic E-state index is -1.23. The molecule has 4 aromatic heterocycles. The van der Waals surface area contributed by atoms with Crippen LogP contribution < -0.4 is 5.19 Å². The van der Waals surface area contributed by atoms with Crippen LogP contribution in [0.1, 0.15) is 0 Å². The molecule has 0 N–H and O–H groups in total. The van der Waals surface area contributed by atoms with E-state index in [-0.39, 0.29) is 25.9 Å². The number of imidazole rings is 1. The molecule has 11 rings (SSSR count). The van der Waals surface area contributed by atoms with Crippen molar-refractivity contribution in [3.8, 4) is 39.5 Å². The Kier molecular flexibility index (Phi) is 10.2. The van der Waals surface area contributed by atoms with Gasteiger partial charge in [-0.3, -0.25) is 4.98 Å². The van der Waals surface area contributed by atoms with Crippen molar-refractivity contribution < 1.29 is 28.9 Å². The number of para-hydroxylation sites is 4. The molecule has 7 aromatic carbocycles. The molecule has 59 heavy (non-hydrogen) atoms. The van der Waals surface area contributed by atoms with E-state index >= 15 is 0 Å². The van der Waals surface area contributed by atoms with Gasteiger partial charge in [0.15, 0.2) is 5.58 Å². The van der Waals surface area contributed by atoms with Crippen molar-refractivity contribution in [1.29, 1.82) is 0 Å². The second-order valence-electron chi connectivity index (χ2n) is 15.4. The van der Waals surface area contributed by atoms with Crippen LogP contribution in [0.2, 0.25) is 19.6 Å². The van der Waals surface area contributed by atoms with E-state index in [1.165, 1.54) is 22.0 Å². The number of benzene rings is 7. The molecule has 4 nitrogen and oxygen atoms in total. The maximum atomic E-state index is 13.9. The maximum absolute atomic E-state index is 13.9. The summed E-state index contributed by atoms with van der Waals surface area (Å²) in [6.07, 6.45) is 2.02. The first-order valence-corrected chi connectivity index (χ1v) is 23.6. The third-order valence-electron chi connectivity index (χ3n) is 10.6. The standard InChI is InChI=1S/C37H20FN2OS.C14H16NSi.Ir/c38-23-18-16-22(17-19-23)24-20-21-28(36-34(24)27-9-2-6-15-33(27)42-36)37-39-29-11-3-4-12-30(29)40(37)31-13-7-10-26-25-8-1-5-14-32(25)41-35(26)31;1-16(2,3)13-9-10-14(15-11-13)12-7-5-4-6-8-12;/h1-20H;4-7,9-11H,1-3H3;/q2*-1;. The van der Waals surface area contributed by atoms with Gasteiger partial charge in [0, 0.05) is 41.8 Å². The first-order valence-electron chi connectivity index (χ1n) is 19.3. The molecule has 289 valence electrons. The number of hydrogen-bond donors (Lipinski definition) is 0. The van der Waals surface area contributed by atoms with Crippen molar-refractivity contribution >= 4 is 77.7 Å². The van der Waals surface area contributed by atoms with Crippen molar-refractivity contribution in [1.82, 2.24) is 14.5 Å². The van der Waals surface area contributed by atoms with Gasteiger partial charge in [0.05, 0.1) is 30.6 Å². The second-order valence-corrected chi connectivity index (χ2v) is 21.5. The minimum absolute atomic E-state index is 0. The average Bonchev–Trinajstić information content (AvgIpc) is 3.96. The Morgan fingerprint density at radius 3 is 2.24 bits per heavy atom. The van der Waals surface area contributed by atoms with Gasteiger partial charge in [-0.2, -0.15) is 11.3 Å². The van der Waals surface area contributed by atoms with E-state index in [1.807, 2.05) is 85.1 Å². The Morgan fingerprint density at radius 2 is 1.46 bits per heavy atom. The molecule has 0 saturated carbocycles. The molecule has 0 aliphatic heterocycles. The van der Waals surface area contributed by atoms with Crippen LogP contribution in [0.3, 0.4) is 0 Å². The van der Waals surface area contributed by atoms with Crippen molar-refractivity contribution in [3.05, 3.63) is 182 Å². The summed E-state index contributed by atoms with van der Waals surface area (Å²) in [5.74, 6) is 0.547. The second kappa shape index (κ2) is 15.6. The van der Waals surface area contributed by atoms with Crippen LogP contribution in [-0.2, 0) is 20.1 Å². The van der Waals surface area contributed by atoms with E-state index in [9.17, 15) is 4.39 Å². The van der Waals surface area contributed by atoms with Crippen molar-refractivity contribution in [2.24, 2.45) is 0 Å². The number of rotatable bonds is 5. The minimum Gasteiger partial charge on any atom is -0.454 e. The van der Waals surface area contributed by atoms with Crippen LogP contribution in [0, 0.1) is 17.9 Å². The van der Waals surface area contributed by atoms with E-state index in [2.05, 4.69) is 108 Å². The van der Waals surface area contributed by atoms with Gasteiger partial charge in [-0.25, -0.2) is 4.39 Å². The van der Waals surface area contributed by atoms with E-state index in [4.69, 9.17) is 9.40 Å². The molecule has 0 unspecified atom stereocenters. The van der Waals surface area contributed by atoms with Crippen LogP contribution in [-0.4, -0.2) is 22.6 Å². The molecule has 8 heteroatoms. The normalized spacial score (nSPS) is 11.6. The number of fused-ring (bicyclic) bond motifs is 7. The molecular formula is C51H36FIrN3OSSi-2. The Balaban J connectivity index is 0.000000224. The molecule has 0 fully saturated rings. The molecule has 0 atom stereocenters. The zero-order valence-electron chi connectivity index (χ0n) is 32.5. The molecule has 0 aliphatic rings. The molecule has 4 heterocycles. The van der Waals surface area contributed by atoms with Gasteiger partial charge in [0.25, 0.3) is 0 Å². The number of pyridine rings is 1. The fraction of sp³-hybridized carbons (Fsp3) is 0.0588. The molecule has 0 bridgehead atoms. The molecule has 0 amide bonds. The SMILES string of the molecule is C[Si](C)(C)c1ccc(-c2[c-]cccc2)nc1.Fc1ccc(-c2c[c-]c(-c3nc4ccccc4n3-c3cccc4c3oc3ccccc34)c3sc4ccccc4c23)cc1.[Ir]. The van der Waals surface area contributed by atoms with Crippen LogP contribution in [0.15, 0.2) is 168 Å². The van der Waals surface area contributed by atoms with Crippen LogP contribution >= 0.6 is 11.3 Å². The fourth-order valence-electron chi connectivity index (χ4n) is 7.69. The fourth-order valence-corrected chi connectivity index (χ4v) is 9.95. The zero-order valence-corrected chi connectivity index (χ0v) is 36.7. The monoisotopic (exact) mass is 978 g/mol. The van der Waals surface area contributed by atoms with Gasteiger partial charge in [-0.15, -0.1) is 48.0 Å². The average molecular weight is 978 g/mol. The van der Waals surface area contributed by atoms with Crippen molar-refractivity contribution in [2.45, 2.75) is 19.6 Å². The predicted octanol–water partition coefficient (Wildman–Crippen LogP) is 13.7. The quantitative estimate of drug-likeness (QED) is 0.127. The zero-order chi connectivity index (χ0) is 39.4. The summed E-state index contributed by atoms with van der Waals surface area (Å²) in [7, 11) is -1.23. The summed E-state index contributed by atoms with van der Waals surface area (Å²) >= 11 is 1.73. The van der Waals surface area contributed by atoms with E-state index in [0.29, 0.717) is 0 Å². The van der Waals surface area contributed by atoms with Gasteiger partial charge < -0.3 is 14.0 Å². The molecule has 11 aromatic rings. The number of halogens is 1. The largest absolute Gasteiger partial charge is 0.454 e. The first kappa shape index (κ1) is 38.5. The van der Waals surface area contributed by atoms with E-state index in [1.54, 1.807) is 11.3 Å². The Morgan fingerprint density at radius 1 is 0.712 bits per heavy atom. The molecule has 0 saturated heterocycles. The predicted molar refractivity (Wildman–Crippen MR) is 242 cm³/mol. The Bertz CT molecular complexity index is 3280. The third kappa shape index (κ3) is 7.02. The van der Waals surface area contributed by atoms with Gasteiger partial charge in [0.2, 0.25) is 0 Å². The summed E-state index contributed by atoms with van der Waals surface area (Å²) < 4.78 is 24.8. The number of nitrogens with zero attached hydrogens (tertiary/aromatic N) is 3. The maximum Gasteiger partial charge on any atom is 0.158 e. The van der Waals surface area contributed by atoms with Crippen molar-refractivity contribution in [2.75, 3.05) is 0 Å². The molecule has 0 spiro atoms. The van der Waals surface area contributed by atoms with Crippen LogP contribution in [0.5, 0.6) is 0 Å². The molecule has 0 aliphatic carbocycles. The van der Waals surface area contributed by atoms with E-state index < -0.39 is 8.07 Å². The molecular weight excluding hydrogens is 942 g/mol. The van der Waals surface area contributed by atoms with Crippen molar-refractivity contribution in [3.63, 3.8) is 0 Å². The summed E-state index contributed by atoms with van der Waals surface area (Å²) in [5.41, 5.74) is 9.44. The van der Waals surface area contributed by atoms with Crippen LogP contribution in [0.25, 0.3) is 92.6 Å². The van der Waals surface area contributed by atoms with E-state index in [0.717, 1.165) is 87.9 Å². The summed E-state index contributed by atoms with van der Waals surface area (Å²) in [5, 5.41) is 5.83. The van der Waals surface area contributed by atoms with Crippen LogP contribution in [0.4, 0.5) is 4.39 Å². The van der Waals surface area contributed by atoms with Gasteiger partial charge in [-0.05, 0) is 63.4 Å².